The highest BCUT2D eigenvalue weighted by Crippen LogP contribution is 1.74. The number of pyridine rings is 2. The second-order valence-electron chi connectivity index (χ2n) is 2.05. The normalized spacial score (nSPS) is 7.38. The standard InChI is InChI=1S/2C5H5N.H3N/c2*1-2-4-6-5-3-1;/h2*1-5H;1H3. The number of hydrogen-bond acceptors (Lipinski definition) is 3. The maximum Gasteiger partial charge on any atom is 0.0267 e. The Morgan fingerprint density at radius 2 is 0.769 bits per heavy atom. The van der Waals surface area contributed by atoms with E-state index in [0.29, 0.717) is 0 Å². The van der Waals surface area contributed by atoms with Crippen LogP contribution in [0.2, 0.25) is 0 Å². The Kier molecular flexibility index (Phi) is 7.24. The van der Waals surface area contributed by atoms with E-state index < -0.39 is 0 Å². The third-order valence-corrected chi connectivity index (χ3v) is 1.13. The summed E-state index contributed by atoms with van der Waals surface area (Å²) in [5.41, 5.74) is 0. The van der Waals surface area contributed by atoms with Crippen LogP contribution in [0.15, 0.2) is 61.2 Å². The molecule has 0 spiro atoms. The van der Waals surface area contributed by atoms with Gasteiger partial charge in [0.25, 0.3) is 0 Å². The second kappa shape index (κ2) is 8.36. The summed E-state index contributed by atoms with van der Waals surface area (Å²) in [5.74, 6) is 0. The second-order valence-corrected chi connectivity index (χ2v) is 2.05. The summed E-state index contributed by atoms with van der Waals surface area (Å²) in [7, 11) is 0. The molecule has 3 N–H and O–H groups in total. The van der Waals surface area contributed by atoms with Gasteiger partial charge in [-0.1, -0.05) is 12.1 Å². The minimum Gasteiger partial charge on any atom is -0.344 e. The van der Waals surface area contributed by atoms with Crippen molar-refractivity contribution in [2.45, 2.75) is 0 Å². The van der Waals surface area contributed by atoms with Gasteiger partial charge < -0.3 is 6.15 Å². The molecule has 0 fully saturated rings. The van der Waals surface area contributed by atoms with Crippen LogP contribution in [0.1, 0.15) is 0 Å². The van der Waals surface area contributed by atoms with Crippen LogP contribution in [-0.2, 0) is 0 Å². The van der Waals surface area contributed by atoms with Crippen LogP contribution >= 0.6 is 0 Å². The predicted octanol–water partition coefficient (Wildman–Crippen LogP) is 2.33. The third-order valence-electron chi connectivity index (χ3n) is 1.13. The minimum atomic E-state index is 0. The van der Waals surface area contributed by atoms with Gasteiger partial charge in [0.15, 0.2) is 0 Å². The van der Waals surface area contributed by atoms with Gasteiger partial charge in [-0.05, 0) is 24.3 Å². The summed E-state index contributed by atoms with van der Waals surface area (Å²) < 4.78 is 0. The monoisotopic (exact) mass is 175 g/mol. The van der Waals surface area contributed by atoms with Crippen LogP contribution < -0.4 is 6.15 Å². The number of nitrogens with zero attached hydrogens (tertiary/aromatic N) is 2. The van der Waals surface area contributed by atoms with Gasteiger partial charge >= 0.3 is 0 Å². The summed E-state index contributed by atoms with van der Waals surface area (Å²) in [6, 6.07) is 11.4. The SMILES string of the molecule is N.c1ccncc1.c1ccncc1. The minimum absolute atomic E-state index is 0. The highest BCUT2D eigenvalue weighted by Gasteiger charge is 1.59. The fourth-order valence-corrected chi connectivity index (χ4v) is 0.625. The molecule has 0 aromatic carbocycles. The predicted molar refractivity (Wildman–Crippen MR) is 53.5 cm³/mol. The maximum atomic E-state index is 3.78. The lowest BCUT2D eigenvalue weighted by molar-refractivity contribution is 1.33. The lowest BCUT2D eigenvalue weighted by Crippen LogP contribution is -1.58. The molecule has 0 unspecified atom stereocenters. The quantitative estimate of drug-likeness (QED) is 0.668. The summed E-state index contributed by atoms with van der Waals surface area (Å²) in [6.45, 7) is 0. The molecule has 3 nitrogen and oxygen atoms in total. The smallest absolute Gasteiger partial charge is 0.0267 e. The van der Waals surface area contributed by atoms with Crippen molar-refractivity contribution in [2.24, 2.45) is 0 Å². The Hall–Kier alpha value is -1.74. The van der Waals surface area contributed by atoms with E-state index in [9.17, 15) is 0 Å². The van der Waals surface area contributed by atoms with E-state index in [2.05, 4.69) is 9.97 Å². The molecule has 2 heterocycles. The summed E-state index contributed by atoms with van der Waals surface area (Å²) in [4.78, 5) is 7.57. The number of hydrogen-bond donors (Lipinski definition) is 1. The van der Waals surface area contributed by atoms with E-state index in [1.807, 2.05) is 36.4 Å². The van der Waals surface area contributed by atoms with E-state index in [1.54, 1.807) is 24.8 Å². The molecule has 0 bridgehead atoms. The molecular formula is C10H13N3. The molecular weight excluding hydrogens is 162 g/mol. The van der Waals surface area contributed by atoms with Crippen molar-refractivity contribution in [2.75, 3.05) is 0 Å². The fourth-order valence-electron chi connectivity index (χ4n) is 0.625. The van der Waals surface area contributed by atoms with E-state index >= 15 is 0 Å². The van der Waals surface area contributed by atoms with Crippen LogP contribution in [0.3, 0.4) is 0 Å². The largest absolute Gasteiger partial charge is 0.344 e. The van der Waals surface area contributed by atoms with Gasteiger partial charge in [0.1, 0.15) is 0 Å². The van der Waals surface area contributed by atoms with Gasteiger partial charge in [-0.3, -0.25) is 9.97 Å². The molecule has 0 saturated heterocycles. The average Bonchev–Trinajstić information content (AvgIpc) is 2.24. The van der Waals surface area contributed by atoms with E-state index in [0.717, 1.165) is 0 Å². The van der Waals surface area contributed by atoms with Crippen molar-refractivity contribution in [3.8, 4) is 0 Å². The summed E-state index contributed by atoms with van der Waals surface area (Å²) >= 11 is 0. The van der Waals surface area contributed by atoms with Crippen LogP contribution in [0.5, 0.6) is 0 Å². The molecule has 2 rings (SSSR count). The Morgan fingerprint density at radius 3 is 0.846 bits per heavy atom. The molecule has 13 heavy (non-hydrogen) atoms. The van der Waals surface area contributed by atoms with Crippen molar-refractivity contribution in [1.29, 1.82) is 0 Å². The number of aromatic nitrogens is 2. The molecule has 0 aliphatic carbocycles. The zero-order valence-corrected chi connectivity index (χ0v) is 7.38. The highest BCUT2D eigenvalue weighted by atomic mass is 14.6. The Balaban J connectivity index is 0.000000206. The average molecular weight is 175 g/mol. The van der Waals surface area contributed by atoms with Crippen molar-refractivity contribution in [3.05, 3.63) is 61.2 Å². The first-order valence-electron chi connectivity index (χ1n) is 3.70. The molecule has 0 aliphatic heterocycles. The van der Waals surface area contributed by atoms with Crippen molar-refractivity contribution in [3.63, 3.8) is 0 Å². The fraction of sp³-hybridized carbons (Fsp3) is 0. The van der Waals surface area contributed by atoms with Crippen LogP contribution in [0.25, 0.3) is 0 Å². The molecule has 2 aromatic rings. The first kappa shape index (κ1) is 11.3. The zero-order valence-electron chi connectivity index (χ0n) is 7.38. The first-order chi connectivity index (χ1) is 6.00. The van der Waals surface area contributed by atoms with Crippen molar-refractivity contribution < 1.29 is 0 Å². The lowest BCUT2D eigenvalue weighted by atomic mass is 10.5. The van der Waals surface area contributed by atoms with E-state index in [1.165, 1.54) is 0 Å². The zero-order chi connectivity index (χ0) is 8.49. The summed E-state index contributed by atoms with van der Waals surface area (Å²) in [6.07, 6.45) is 7.00. The van der Waals surface area contributed by atoms with Crippen LogP contribution in [-0.4, -0.2) is 9.97 Å². The topological polar surface area (TPSA) is 60.8 Å². The molecule has 0 amide bonds. The van der Waals surface area contributed by atoms with Gasteiger partial charge in [0, 0.05) is 24.8 Å². The van der Waals surface area contributed by atoms with Gasteiger partial charge in [0.05, 0.1) is 0 Å². The third kappa shape index (κ3) is 6.65. The van der Waals surface area contributed by atoms with Crippen LogP contribution in [0.4, 0.5) is 0 Å². The lowest BCUT2D eigenvalue weighted by Gasteiger charge is -1.70. The van der Waals surface area contributed by atoms with Gasteiger partial charge in [-0.25, -0.2) is 0 Å². The van der Waals surface area contributed by atoms with E-state index in [4.69, 9.17) is 0 Å². The highest BCUT2D eigenvalue weighted by molar-refractivity contribution is 4.88. The van der Waals surface area contributed by atoms with E-state index in [-0.39, 0.29) is 6.15 Å². The van der Waals surface area contributed by atoms with Gasteiger partial charge in [-0.15, -0.1) is 0 Å². The summed E-state index contributed by atoms with van der Waals surface area (Å²) in [5, 5.41) is 0. The first-order valence-corrected chi connectivity index (χ1v) is 3.70. The molecule has 0 atom stereocenters. The molecule has 2 aromatic heterocycles. The molecule has 3 heteroatoms. The Morgan fingerprint density at radius 1 is 0.462 bits per heavy atom. The molecule has 0 saturated carbocycles. The Bertz CT molecular complexity index is 186. The number of rotatable bonds is 0. The Labute approximate surface area is 78.1 Å². The molecule has 0 radical (unpaired) electrons. The van der Waals surface area contributed by atoms with Crippen molar-refractivity contribution >= 4 is 0 Å². The van der Waals surface area contributed by atoms with Gasteiger partial charge in [0.2, 0.25) is 0 Å². The maximum absolute atomic E-state index is 3.78. The van der Waals surface area contributed by atoms with Gasteiger partial charge in [-0.2, -0.15) is 0 Å². The molecule has 68 valence electrons. The van der Waals surface area contributed by atoms with Crippen molar-refractivity contribution in [1.82, 2.24) is 16.1 Å². The van der Waals surface area contributed by atoms with Crippen LogP contribution in [0, 0.1) is 0 Å². The molecule has 0 aliphatic rings.